The molecule has 4 aromatic rings. The number of anilines is 3. The van der Waals surface area contributed by atoms with Gasteiger partial charge in [0.1, 0.15) is 12.1 Å². The number of nitrogens with zero attached hydrogens (tertiary/aromatic N) is 5. The maximum absolute atomic E-state index is 9.72. The number of ether oxygens (including phenoxy) is 1. The van der Waals surface area contributed by atoms with Gasteiger partial charge in [-0.2, -0.15) is 0 Å². The lowest BCUT2D eigenvalue weighted by Gasteiger charge is -2.26. The maximum Gasteiger partial charge on any atom is 0.228 e. The van der Waals surface area contributed by atoms with Gasteiger partial charge in [-0.25, -0.2) is 15.0 Å². The van der Waals surface area contributed by atoms with Crippen LogP contribution in [0.25, 0.3) is 16.6 Å². The minimum absolute atomic E-state index is 0.124. The predicted molar refractivity (Wildman–Crippen MR) is 132 cm³/mol. The lowest BCUT2D eigenvalue weighted by molar-refractivity contribution is 0.254. The highest BCUT2D eigenvalue weighted by Crippen LogP contribution is 2.32. The SMILES string of the molecule is COc1cc(-n2cnc(Nc3ncc4c(N5CCC[C@H]5CO)cccc4n3)c2)cc(CO)c1CO. The number of rotatable bonds is 8. The van der Waals surface area contributed by atoms with Crippen LogP contribution < -0.4 is 15.0 Å². The summed E-state index contributed by atoms with van der Waals surface area (Å²) in [7, 11) is 1.52. The van der Waals surface area contributed by atoms with E-state index in [0.717, 1.165) is 41.7 Å². The first-order chi connectivity index (χ1) is 17.1. The number of benzene rings is 2. The molecular formula is C25H28N6O4. The normalized spacial score (nSPS) is 15.7. The van der Waals surface area contributed by atoms with Crippen molar-refractivity contribution in [2.24, 2.45) is 0 Å². The molecule has 0 radical (unpaired) electrons. The summed E-state index contributed by atoms with van der Waals surface area (Å²) in [6, 6.07) is 9.65. The molecular weight excluding hydrogens is 448 g/mol. The Balaban J connectivity index is 1.41. The van der Waals surface area contributed by atoms with Crippen molar-refractivity contribution in [2.75, 3.05) is 30.5 Å². The highest BCUT2D eigenvalue weighted by molar-refractivity contribution is 5.92. The first kappa shape index (κ1) is 23.0. The van der Waals surface area contributed by atoms with E-state index >= 15 is 0 Å². The zero-order chi connectivity index (χ0) is 24.4. The van der Waals surface area contributed by atoms with Crippen LogP contribution >= 0.6 is 0 Å². The second-order valence-electron chi connectivity index (χ2n) is 8.47. The van der Waals surface area contributed by atoms with Crippen molar-refractivity contribution in [2.45, 2.75) is 32.1 Å². The summed E-state index contributed by atoms with van der Waals surface area (Å²) in [5.74, 6) is 1.47. The van der Waals surface area contributed by atoms with E-state index in [1.54, 1.807) is 35.4 Å². The van der Waals surface area contributed by atoms with Crippen LogP contribution in [0.4, 0.5) is 17.5 Å². The molecule has 3 heterocycles. The number of aliphatic hydroxyl groups is 3. The molecule has 4 N–H and O–H groups in total. The van der Waals surface area contributed by atoms with Gasteiger partial charge in [0.15, 0.2) is 5.82 Å². The molecule has 2 aromatic heterocycles. The van der Waals surface area contributed by atoms with Gasteiger partial charge in [0, 0.05) is 35.4 Å². The van der Waals surface area contributed by atoms with Crippen LogP contribution in [0.2, 0.25) is 0 Å². The predicted octanol–water partition coefficient (Wildman–Crippen LogP) is 2.51. The Kier molecular flexibility index (Phi) is 6.49. The van der Waals surface area contributed by atoms with Crippen LogP contribution in [-0.4, -0.2) is 61.1 Å². The highest BCUT2D eigenvalue weighted by Gasteiger charge is 2.25. The summed E-state index contributed by atoms with van der Waals surface area (Å²) in [5, 5.41) is 33.1. The van der Waals surface area contributed by atoms with Crippen molar-refractivity contribution >= 4 is 28.4 Å². The molecule has 0 bridgehead atoms. The van der Waals surface area contributed by atoms with Gasteiger partial charge in [-0.15, -0.1) is 0 Å². The zero-order valence-electron chi connectivity index (χ0n) is 19.4. The molecule has 0 saturated carbocycles. The number of hydrogen-bond acceptors (Lipinski definition) is 9. The van der Waals surface area contributed by atoms with Crippen molar-refractivity contribution in [3.05, 3.63) is 60.2 Å². The van der Waals surface area contributed by atoms with Crippen LogP contribution in [0.1, 0.15) is 24.0 Å². The first-order valence-electron chi connectivity index (χ1n) is 11.5. The number of fused-ring (bicyclic) bond motifs is 1. The molecule has 1 aliphatic rings. The van der Waals surface area contributed by atoms with Crippen molar-refractivity contribution in [3.8, 4) is 11.4 Å². The van der Waals surface area contributed by atoms with E-state index in [0.29, 0.717) is 28.6 Å². The van der Waals surface area contributed by atoms with Crippen LogP contribution in [0.3, 0.4) is 0 Å². The summed E-state index contributed by atoms with van der Waals surface area (Å²) in [4.78, 5) is 15.8. The lowest BCUT2D eigenvalue weighted by atomic mass is 10.1. The summed E-state index contributed by atoms with van der Waals surface area (Å²) in [6.45, 7) is 0.594. The van der Waals surface area contributed by atoms with Crippen LogP contribution in [0.15, 0.2) is 49.1 Å². The molecule has 10 nitrogen and oxygen atoms in total. The lowest BCUT2D eigenvalue weighted by Crippen LogP contribution is -2.32. The average Bonchev–Trinajstić information content (AvgIpc) is 3.57. The van der Waals surface area contributed by atoms with Crippen molar-refractivity contribution in [1.29, 1.82) is 0 Å². The molecule has 1 aliphatic heterocycles. The number of hydrogen-bond donors (Lipinski definition) is 4. The first-order valence-corrected chi connectivity index (χ1v) is 11.5. The summed E-state index contributed by atoms with van der Waals surface area (Å²) in [6.07, 6.45) is 7.26. The van der Waals surface area contributed by atoms with Gasteiger partial charge < -0.3 is 34.8 Å². The molecule has 2 aromatic carbocycles. The van der Waals surface area contributed by atoms with Crippen molar-refractivity contribution in [3.63, 3.8) is 0 Å². The summed E-state index contributed by atoms with van der Waals surface area (Å²) < 4.78 is 7.17. The van der Waals surface area contributed by atoms with E-state index in [1.807, 2.05) is 18.2 Å². The Bertz CT molecular complexity index is 1320. The zero-order valence-corrected chi connectivity index (χ0v) is 19.4. The smallest absolute Gasteiger partial charge is 0.228 e. The minimum atomic E-state index is -0.227. The van der Waals surface area contributed by atoms with E-state index < -0.39 is 0 Å². The molecule has 182 valence electrons. The molecule has 1 saturated heterocycles. The number of aromatic nitrogens is 4. The van der Waals surface area contributed by atoms with Gasteiger partial charge in [0.2, 0.25) is 5.95 Å². The van der Waals surface area contributed by atoms with Gasteiger partial charge in [-0.05, 0) is 36.6 Å². The van der Waals surface area contributed by atoms with Gasteiger partial charge in [-0.3, -0.25) is 0 Å². The van der Waals surface area contributed by atoms with Gasteiger partial charge in [0.25, 0.3) is 0 Å². The van der Waals surface area contributed by atoms with Gasteiger partial charge in [-0.1, -0.05) is 6.07 Å². The molecule has 0 spiro atoms. The quantitative estimate of drug-likeness (QED) is 0.303. The van der Waals surface area contributed by atoms with Crippen molar-refractivity contribution < 1.29 is 20.1 Å². The van der Waals surface area contributed by atoms with E-state index in [9.17, 15) is 15.3 Å². The maximum atomic E-state index is 9.72. The fraction of sp³-hybridized carbons (Fsp3) is 0.320. The number of imidazole rings is 1. The molecule has 1 fully saturated rings. The molecule has 10 heteroatoms. The summed E-state index contributed by atoms with van der Waals surface area (Å²) >= 11 is 0. The van der Waals surface area contributed by atoms with Crippen molar-refractivity contribution in [1.82, 2.24) is 19.5 Å². The largest absolute Gasteiger partial charge is 0.496 e. The molecule has 35 heavy (non-hydrogen) atoms. The van der Waals surface area contributed by atoms with E-state index in [1.165, 1.54) is 7.11 Å². The third kappa shape index (κ3) is 4.39. The number of aliphatic hydroxyl groups excluding tert-OH is 3. The highest BCUT2D eigenvalue weighted by atomic mass is 16.5. The number of nitrogens with one attached hydrogen (secondary N) is 1. The molecule has 0 amide bonds. The third-order valence-corrected chi connectivity index (χ3v) is 6.45. The molecule has 0 aliphatic carbocycles. The third-order valence-electron chi connectivity index (χ3n) is 6.45. The Morgan fingerprint density at radius 1 is 1.14 bits per heavy atom. The average molecular weight is 477 g/mol. The monoisotopic (exact) mass is 476 g/mol. The van der Waals surface area contributed by atoms with E-state index in [-0.39, 0.29) is 25.9 Å². The Labute approximate surface area is 202 Å². The topological polar surface area (TPSA) is 129 Å². The molecule has 0 unspecified atom stereocenters. The van der Waals surface area contributed by atoms with Gasteiger partial charge >= 0.3 is 0 Å². The Morgan fingerprint density at radius 2 is 2.03 bits per heavy atom. The van der Waals surface area contributed by atoms with E-state index in [4.69, 9.17) is 4.74 Å². The second-order valence-corrected chi connectivity index (χ2v) is 8.47. The second kappa shape index (κ2) is 9.87. The minimum Gasteiger partial charge on any atom is -0.496 e. The fourth-order valence-electron chi connectivity index (χ4n) is 4.67. The molecule has 1 atom stereocenters. The van der Waals surface area contributed by atoms with Crippen LogP contribution in [-0.2, 0) is 13.2 Å². The number of methoxy groups -OCH3 is 1. The van der Waals surface area contributed by atoms with Gasteiger partial charge in [0.05, 0.1) is 50.4 Å². The standard InChI is InChI=1S/C25H28N6O4/c1-35-23-9-18(8-16(12-32)20(23)14-34)30-11-24(27-15-30)29-25-26-10-19-21(28-25)5-2-6-22(19)31-7-3-4-17(31)13-33/h2,5-6,8-11,15,17,32-34H,3-4,7,12-14H2,1H3,(H,26,28,29)/t17-/m0/s1. The molecule has 5 rings (SSSR count). The van der Waals surface area contributed by atoms with Crippen LogP contribution in [0, 0.1) is 0 Å². The fourth-order valence-corrected chi connectivity index (χ4v) is 4.67. The summed E-state index contributed by atoms with van der Waals surface area (Å²) in [5.41, 5.74) is 3.71. The van der Waals surface area contributed by atoms with Crippen LogP contribution in [0.5, 0.6) is 5.75 Å². The van der Waals surface area contributed by atoms with E-state index in [2.05, 4.69) is 25.2 Å². The Morgan fingerprint density at radius 3 is 2.80 bits per heavy atom. The Hall–Kier alpha value is -3.73.